The zero-order valence-corrected chi connectivity index (χ0v) is 8.57. The average molecular weight is 229 g/mol. The maximum absolute atomic E-state index is 11.8. The highest BCUT2D eigenvalue weighted by atomic mass is 32.2. The van der Waals surface area contributed by atoms with Crippen molar-refractivity contribution in [2.45, 2.75) is 24.5 Å². The van der Waals surface area contributed by atoms with Gasteiger partial charge in [-0.3, -0.25) is 4.90 Å². The van der Waals surface area contributed by atoms with Crippen LogP contribution in [-0.4, -0.2) is 47.0 Å². The Bertz CT molecular complexity index is 176. The molecule has 1 rings (SSSR count). The predicted molar refractivity (Wildman–Crippen MR) is 50.2 cm³/mol. The van der Waals surface area contributed by atoms with Gasteiger partial charge in [0.15, 0.2) is 0 Å². The van der Waals surface area contributed by atoms with Crippen molar-refractivity contribution in [1.82, 2.24) is 4.90 Å². The first kappa shape index (κ1) is 12.1. The summed E-state index contributed by atoms with van der Waals surface area (Å²) < 4.78 is 35.3. The van der Waals surface area contributed by atoms with Gasteiger partial charge in [0.05, 0.1) is 6.10 Å². The van der Waals surface area contributed by atoms with Gasteiger partial charge in [0.25, 0.3) is 0 Å². The molecule has 1 aliphatic heterocycles. The molecule has 14 heavy (non-hydrogen) atoms. The molecule has 0 saturated carbocycles. The molecule has 0 amide bonds. The van der Waals surface area contributed by atoms with E-state index in [0.29, 0.717) is 13.1 Å². The number of alkyl halides is 3. The minimum atomic E-state index is -4.13. The second-order valence-electron chi connectivity index (χ2n) is 3.39. The molecular formula is C8H14F3NOS. The van der Waals surface area contributed by atoms with E-state index in [1.54, 1.807) is 0 Å². The van der Waals surface area contributed by atoms with Gasteiger partial charge in [-0.1, -0.05) is 0 Å². The summed E-state index contributed by atoms with van der Waals surface area (Å²) >= 11 is 0.00515. The molecular weight excluding hydrogens is 215 g/mol. The smallest absolute Gasteiger partial charge is 0.392 e. The van der Waals surface area contributed by atoms with Crippen molar-refractivity contribution < 1.29 is 18.3 Å². The van der Waals surface area contributed by atoms with E-state index in [1.807, 2.05) is 4.90 Å². The van der Waals surface area contributed by atoms with Gasteiger partial charge in [-0.25, -0.2) is 0 Å². The molecule has 0 aliphatic carbocycles. The molecule has 6 heteroatoms. The fourth-order valence-electron chi connectivity index (χ4n) is 1.52. The van der Waals surface area contributed by atoms with E-state index in [4.69, 9.17) is 0 Å². The van der Waals surface area contributed by atoms with Gasteiger partial charge in [0.2, 0.25) is 0 Å². The molecule has 0 aromatic heterocycles. The first-order chi connectivity index (χ1) is 6.47. The summed E-state index contributed by atoms with van der Waals surface area (Å²) in [6.07, 6.45) is 1.28. The van der Waals surface area contributed by atoms with E-state index in [-0.39, 0.29) is 23.6 Å². The molecule has 1 atom stereocenters. The number of hydrogen-bond donors (Lipinski definition) is 1. The third-order valence-corrected chi connectivity index (χ3v) is 2.87. The lowest BCUT2D eigenvalue weighted by Crippen LogP contribution is -2.39. The first-order valence-electron chi connectivity index (χ1n) is 4.58. The van der Waals surface area contributed by atoms with Crippen molar-refractivity contribution in [2.24, 2.45) is 0 Å². The Morgan fingerprint density at radius 3 is 2.71 bits per heavy atom. The number of rotatable bonds is 3. The van der Waals surface area contributed by atoms with E-state index < -0.39 is 5.51 Å². The van der Waals surface area contributed by atoms with Gasteiger partial charge in [0.1, 0.15) is 0 Å². The average Bonchev–Trinajstić information content (AvgIpc) is 2.01. The molecule has 84 valence electrons. The van der Waals surface area contributed by atoms with Crippen LogP contribution in [0.4, 0.5) is 13.2 Å². The van der Waals surface area contributed by atoms with Crippen LogP contribution in [0, 0.1) is 0 Å². The quantitative estimate of drug-likeness (QED) is 0.796. The predicted octanol–water partition coefficient (Wildman–Crippen LogP) is 1.70. The molecule has 0 aromatic rings. The summed E-state index contributed by atoms with van der Waals surface area (Å²) in [5.41, 5.74) is -4.13. The van der Waals surface area contributed by atoms with Crippen LogP contribution in [0.25, 0.3) is 0 Å². The van der Waals surface area contributed by atoms with E-state index in [2.05, 4.69) is 0 Å². The fourth-order valence-corrected chi connectivity index (χ4v) is 2.11. The molecule has 1 aliphatic rings. The van der Waals surface area contributed by atoms with Crippen molar-refractivity contribution in [1.29, 1.82) is 0 Å². The van der Waals surface area contributed by atoms with Crippen LogP contribution in [0.1, 0.15) is 12.8 Å². The third-order valence-electron chi connectivity index (χ3n) is 2.15. The number of piperidine rings is 1. The number of halogens is 3. The summed E-state index contributed by atoms with van der Waals surface area (Å²) in [4.78, 5) is 1.88. The lowest BCUT2D eigenvalue weighted by atomic mass is 10.1. The number of likely N-dealkylation sites (tertiary alicyclic amines) is 1. The van der Waals surface area contributed by atoms with Crippen molar-refractivity contribution in [2.75, 3.05) is 25.4 Å². The highest BCUT2D eigenvalue weighted by Crippen LogP contribution is 2.29. The Labute approximate surface area is 85.5 Å². The molecule has 1 N–H and O–H groups in total. The van der Waals surface area contributed by atoms with Gasteiger partial charge in [-0.2, -0.15) is 13.2 Å². The van der Waals surface area contributed by atoms with Crippen molar-refractivity contribution in [3.8, 4) is 0 Å². The molecule has 1 fully saturated rings. The molecule has 1 unspecified atom stereocenters. The number of aliphatic hydroxyl groups excluding tert-OH is 1. The van der Waals surface area contributed by atoms with E-state index in [0.717, 1.165) is 19.4 Å². The standard InChI is InChI=1S/C8H14F3NOS/c9-8(10,11)14-5-4-12-3-1-2-7(13)6-12/h7,13H,1-6H2. The largest absolute Gasteiger partial charge is 0.441 e. The Morgan fingerprint density at radius 2 is 2.14 bits per heavy atom. The first-order valence-corrected chi connectivity index (χ1v) is 5.57. The maximum Gasteiger partial charge on any atom is 0.441 e. The molecule has 0 spiro atoms. The summed E-state index contributed by atoms with van der Waals surface area (Å²) in [5, 5.41) is 9.27. The van der Waals surface area contributed by atoms with Gasteiger partial charge in [0, 0.05) is 18.8 Å². The molecule has 0 radical (unpaired) electrons. The van der Waals surface area contributed by atoms with Crippen LogP contribution < -0.4 is 0 Å². The Hall–Kier alpha value is 0.0600. The summed E-state index contributed by atoms with van der Waals surface area (Å²) in [6, 6.07) is 0. The topological polar surface area (TPSA) is 23.5 Å². The van der Waals surface area contributed by atoms with Crippen LogP contribution >= 0.6 is 11.8 Å². The van der Waals surface area contributed by atoms with Gasteiger partial charge in [-0.15, -0.1) is 0 Å². The number of thioether (sulfide) groups is 1. The number of hydrogen-bond acceptors (Lipinski definition) is 3. The number of β-amino-alcohol motifs (C(OH)–C–C–N with tert-alkyl or cyclic N) is 1. The lowest BCUT2D eigenvalue weighted by molar-refractivity contribution is -0.0329. The van der Waals surface area contributed by atoms with E-state index >= 15 is 0 Å². The SMILES string of the molecule is OC1CCCN(CCSC(F)(F)F)C1. The molecule has 1 saturated heterocycles. The summed E-state index contributed by atoms with van der Waals surface area (Å²) in [6.45, 7) is 1.72. The molecule has 2 nitrogen and oxygen atoms in total. The normalized spacial score (nSPS) is 25.3. The van der Waals surface area contributed by atoms with Gasteiger partial charge < -0.3 is 5.11 Å². The van der Waals surface area contributed by atoms with Crippen LogP contribution in [-0.2, 0) is 0 Å². The number of aliphatic hydroxyl groups is 1. The molecule has 0 bridgehead atoms. The monoisotopic (exact) mass is 229 g/mol. The van der Waals surface area contributed by atoms with Crippen LogP contribution in [0.2, 0.25) is 0 Å². The van der Waals surface area contributed by atoms with Crippen molar-refractivity contribution >= 4 is 11.8 Å². The third kappa shape index (κ3) is 5.07. The number of nitrogens with zero attached hydrogens (tertiary/aromatic N) is 1. The second kappa shape index (κ2) is 5.23. The Balaban J connectivity index is 2.12. The van der Waals surface area contributed by atoms with Crippen molar-refractivity contribution in [3.63, 3.8) is 0 Å². The molecule has 1 heterocycles. The summed E-state index contributed by atoms with van der Waals surface area (Å²) in [7, 11) is 0. The van der Waals surface area contributed by atoms with Crippen molar-refractivity contribution in [3.05, 3.63) is 0 Å². The lowest BCUT2D eigenvalue weighted by Gasteiger charge is -2.29. The zero-order valence-electron chi connectivity index (χ0n) is 7.76. The minimum Gasteiger partial charge on any atom is -0.392 e. The molecule has 0 aromatic carbocycles. The zero-order chi connectivity index (χ0) is 10.6. The maximum atomic E-state index is 11.8. The van der Waals surface area contributed by atoms with Gasteiger partial charge >= 0.3 is 5.51 Å². The summed E-state index contributed by atoms with van der Waals surface area (Å²) in [5.74, 6) is 0.0518. The minimum absolute atomic E-state index is 0.00515. The van der Waals surface area contributed by atoms with Gasteiger partial charge in [-0.05, 0) is 31.1 Å². The van der Waals surface area contributed by atoms with E-state index in [9.17, 15) is 18.3 Å². The van der Waals surface area contributed by atoms with Crippen LogP contribution in [0.5, 0.6) is 0 Å². The van der Waals surface area contributed by atoms with Crippen LogP contribution in [0.15, 0.2) is 0 Å². The highest BCUT2D eigenvalue weighted by molar-refractivity contribution is 8.00. The van der Waals surface area contributed by atoms with Crippen LogP contribution in [0.3, 0.4) is 0 Å². The highest BCUT2D eigenvalue weighted by Gasteiger charge is 2.28. The second-order valence-corrected chi connectivity index (χ2v) is 4.55. The Morgan fingerprint density at radius 1 is 1.43 bits per heavy atom. The fraction of sp³-hybridized carbons (Fsp3) is 1.00. The van der Waals surface area contributed by atoms with E-state index in [1.165, 1.54) is 0 Å². The Kier molecular flexibility index (Phi) is 4.53.